The molecule has 24 heavy (non-hydrogen) atoms. The van der Waals surface area contributed by atoms with Gasteiger partial charge >= 0.3 is 20.2 Å². The Kier molecular flexibility index (Phi) is 11.4. The first kappa shape index (κ1) is 25.9. The standard InChI is InChI=1S/C8H19N.C4H5F6O4P/c1-6-9(7(2)3)8(4)5;5-3(6,7)1-13-15(11,12)14-2-4(8,9)10/h7-8H,6H2,1-5H3;1-2H2,(H,11,12). The number of alkyl halides is 6. The maximum absolute atomic E-state index is 11.4. The van der Waals surface area contributed by atoms with Crippen LogP contribution in [0.2, 0.25) is 0 Å². The van der Waals surface area contributed by atoms with Gasteiger partial charge in [-0.25, -0.2) is 4.57 Å². The van der Waals surface area contributed by atoms with Gasteiger partial charge in [0.05, 0.1) is 0 Å². The molecule has 0 aromatic rings. The quantitative estimate of drug-likeness (QED) is 0.516. The van der Waals surface area contributed by atoms with Crippen molar-refractivity contribution in [2.45, 2.75) is 59.1 Å². The molecule has 0 aromatic heterocycles. The lowest BCUT2D eigenvalue weighted by atomic mass is 10.2. The van der Waals surface area contributed by atoms with Crippen LogP contribution in [0.25, 0.3) is 0 Å². The van der Waals surface area contributed by atoms with Gasteiger partial charge in [0.15, 0.2) is 13.2 Å². The van der Waals surface area contributed by atoms with Gasteiger partial charge < -0.3 is 4.89 Å². The number of nitrogens with zero attached hydrogens (tertiary/aromatic N) is 1. The first-order chi connectivity index (χ1) is 10.5. The van der Waals surface area contributed by atoms with Crippen LogP contribution in [0, 0.1) is 0 Å². The van der Waals surface area contributed by atoms with E-state index in [-0.39, 0.29) is 0 Å². The summed E-state index contributed by atoms with van der Waals surface area (Å²) in [6.07, 6.45) is -9.86. The van der Waals surface area contributed by atoms with Crippen molar-refractivity contribution in [2.24, 2.45) is 0 Å². The van der Waals surface area contributed by atoms with E-state index in [2.05, 4.69) is 48.6 Å². The van der Waals surface area contributed by atoms with Gasteiger partial charge in [-0.05, 0) is 34.2 Å². The molecule has 0 heterocycles. The predicted octanol–water partition coefficient (Wildman–Crippen LogP) is 4.37. The summed E-state index contributed by atoms with van der Waals surface area (Å²) in [5.41, 5.74) is 0. The highest BCUT2D eigenvalue weighted by Crippen LogP contribution is 2.45. The number of phosphoric ester groups is 1. The predicted molar refractivity (Wildman–Crippen MR) is 76.5 cm³/mol. The molecule has 0 atom stereocenters. The molecule has 0 fully saturated rings. The highest BCUT2D eigenvalue weighted by Gasteiger charge is 2.37. The summed E-state index contributed by atoms with van der Waals surface area (Å²) < 4.78 is 85.5. The zero-order valence-electron chi connectivity index (χ0n) is 14.1. The molecule has 0 bridgehead atoms. The van der Waals surface area contributed by atoms with Crippen LogP contribution in [0.15, 0.2) is 0 Å². The zero-order valence-corrected chi connectivity index (χ0v) is 15.0. The molecule has 5 nitrogen and oxygen atoms in total. The lowest BCUT2D eigenvalue weighted by molar-refractivity contribution is -0.169. The smallest absolute Gasteiger partial charge is 0.302 e. The first-order valence-electron chi connectivity index (χ1n) is 7.02. The van der Waals surface area contributed by atoms with Crippen LogP contribution in [-0.4, -0.2) is 54.0 Å². The van der Waals surface area contributed by atoms with Gasteiger partial charge in [0, 0.05) is 12.1 Å². The van der Waals surface area contributed by atoms with Crippen molar-refractivity contribution in [2.75, 3.05) is 19.8 Å². The van der Waals surface area contributed by atoms with Gasteiger partial charge in [-0.1, -0.05) is 6.92 Å². The summed E-state index contributed by atoms with van der Waals surface area (Å²) >= 11 is 0. The third-order valence-corrected chi connectivity index (χ3v) is 3.39. The minimum Gasteiger partial charge on any atom is -0.302 e. The molecule has 0 rings (SSSR count). The van der Waals surface area contributed by atoms with E-state index in [1.165, 1.54) is 0 Å². The van der Waals surface area contributed by atoms with Crippen LogP contribution in [0.4, 0.5) is 26.3 Å². The molecular weight excluding hydrogens is 367 g/mol. The maximum Gasteiger partial charge on any atom is 0.472 e. The fraction of sp³-hybridized carbons (Fsp3) is 1.00. The highest BCUT2D eigenvalue weighted by atomic mass is 31.2. The third-order valence-electron chi connectivity index (χ3n) is 2.47. The second kappa shape index (κ2) is 10.6. The molecule has 0 aliphatic heterocycles. The third kappa shape index (κ3) is 16.5. The second-order valence-electron chi connectivity index (χ2n) is 5.26. The number of phosphoric acid groups is 1. The Bertz CT molecular complexity index is 357. The topological polar surface area (TPSA) is 59.0 Å². The number of hydrogen-bond donors (Lipinski definition) is 1. The van der Waals surface area contributed by atoms with Gasteiger partial charge in [-0.15, -0.1) is 0 Å². The van der Waals surface area contributed by atoms with Crippen LogP contribution in [-0.2, 0) is 13.6 Å². The summed E-state index contributed by atoms with van der Waals surface area (Å²) in [4.78, 5) is 10.8. The average Bonchev–Trinajstić information content (AvgIpc) is 2.33. The summed E-state index contributed by atoms with van der Waals surface area (Å²) in [6, 6.07) is 1.38. The van der Waals surface area contributed by atoms with Crippen molar-refractivity contribution >= 4 is 7.82 Å². The van der Waals surface area contributed by atoms with Crippen LogP contribution < -0.4 is 0 Å². The number of halogens is 6. The Morgan fingerprint density at radius 2 is 1.21 bits per heavy atom. The summed E-state index contributed by atoms with van der Waals surface area (Å²) in [5, 5.41) is 0. The number of hydrogen-bond acceptors (Lipinski definition) is 4. The van der Waals surface area contributed by atoms with Crippen molar-refractivity contribution in [3.8, 4) is 0 Å². The van der Waals surface area contributed by atoms with Crippen molar-refractivity contribution in [3.05, 3.63) is 0 Å². The SMILES string of the molecule is CCN(C(C)C)C(C)C.O=P(O)(OCC(F)(F)F)OCC(F)(F)F. The van der Waals surface area contributed by atoms with Gasteiger partial charge in [0.1, 0.15) is 0 Å². The maximum atomic E-state index is 11.4. The Morgan fingerprint density at radius 3 is 1.33 bits per heavy atom. The molecule has 1 N–H and O–H groups in total. The minimum atomic E-state index is -5.33. The Balaban J connectivity index is 0. The average molecular weight is 391 g/mol. The molecule has 0 amide bonds. The van der Waals surface area contributed by atoms with E-state index >= 15 is 0 Å². The number of rotatable bonds is 7. The minimum absolute atomic E-state index is 0.690. The molecule has 0 radical (unpaired) electrons. The van der Waals surface area contributed by atoms with Crippen LogP contribution >= 0.6 is 7.82 Å². The van der Waals surface area contributed by atoms with E-state index in [9.17, 15) is 30.9 Å². The first-order valence-corrected chi connectivity index (χ1v) is 8.51. The fourth-order valence-electron chi connectivity index (χ4n) is 1.67. The molecule has 12 heteroatoms. The summed E-state index contributed by atoms with van der Waals surface area (Å²) in [6.45, 7) is 7.99. The molecule has 0 spiro atoms. The van der Waals surface area contributed by atoms with Gasteiger partial charge in [-0.2, -0.15) is 26.3 Å². The van der Waals surface area contributed by atoms with E-state index in [1.54, 1.807) is 0 Å². The van der Waals surface area contributed by atoms with Crippen LogP contribution in [0.3, 0.4) is 0 Å². The van der Waals surface area contributed by atoms with Gasteiger partial charge in [0.25, 0.3) is 0 Å². The Labute approximate surface area is 137 Å². The Morgan fingerprint density at radius 1 is 0.917 bits per heavy atom. The van der Waals surface area contributed by atoms with Gasteiger partial charge in [0.2, 0.25) is 0 Å². The van der Waals surface area contributed by atoms with Crippen molar-refractivity contribution in [3.63, 3.8) is 0 Å². The van der Waals surface area contributed by atoms with E-state index in [4.69, 9.17) is 4.89 Å². The van der Waals surface area contributed by atoms with Crippen molar-refractivity contribution < 1.29 is 44.8 Å². The second-order valence-corrected chi connectivity index (χ2v) is 6.72. The molecule has 0 unspecified atom stereocenters. The highest BCUT2D eigenvalue weighted by molar-refractivity contribution is 7.47. The summed E-state index contributed by atoms with van der Waals surface area (Å²) in [5.74, 6) is 0. The monoisotopic (exact) mass is 391 g/mol. The van der Waals surface area contributed by atoms with E-state index in [0.29, 0.717) is 12.1 Å². The molecule has 148 valence electrons. The lowest BCUT2D eigenvalue weighted by Gasteiger charge is -2.28. The van der Waals surface area contributed by atoms with Crippen LogP contribution in [0.5, 0.6) is 0 Å². The van der Waals surface area contributed by atoms with E-state index in [0.717, 1.165) is 6.54 Å². The molecular formula is C12H24F6NO4P. The van der Waals surface area contributed by atoms with E-state index in [1.807, 2.05) is 0 Å². The molecule has 0 aliphatic carbocycles. The molecule has 0 saturated heterocycles. The molecule has 0 aromatic carbocycles. The lowest BCUT2D eigenvalue weighted by Crippen LogP contribution is -2.36. The summed E-state index contributed by atoms with van der Waals surface area (Å²) in [7, 11) is -5.33. The van der Waals surface area contributed by atoms with Gasteiger partial charge in [-0.3, -0.25) is 13.9 Å². The van der Waals surface area contributed by atoms with Crippen LogP contribution in [0.1, 0.15) is 34.6 Å². The molecule has 0 aliphatic rings. The normalized spacial score (nSPS) is 13.5. The largest absolute Gasteiger partial charge is 0.472 e. The Hall–Kier alpha value is -0.350. The van der Waals surface area contributed by atoms with Crippen molar-refractivity contribution in [1.29, 1.82) is 0 Å². The molecule has 0 saturated carbocycles. The zero-order chi connectivity index (χ0) is 19.8. The van der Waals surface area contributed by atoms with Crippen molar-refractivity contribution in [1.82, 2.24) is 4.90 Å². The van der Waals surface area contributed by atoms with E-state index < -0.39 is 33.4 Å². The fourth-order valence-corrected chi connectivity index (χ4v) is 2.37.